The van der Waals surface area contributed by atoms with Crippen molar-refractivity contribution in [2.45, 2.75) is 24.4 Å². The maximum atomic E-state index is 13.8. The summed E-state index contributed by atoms with van der Waals surface area (Å²) >= 11 is 1.28. The molecular formula is C16H14F2N4O3S. The van der Waals surface area contributed by atoms with Gasteiger partial charge in [0.05, 0.1) is 17.2 Å². The molecule has 26 heavy (non-hydrogen) atoms. The number of anilines is 2. The van der Waals surface area contributed by atoms with Crippen LogP contribution in [0.2, 0.25) is 0 Å². The van der Waals surface area contributed by atoms with Crippen LogP contribution in [0.25, 0.3) is 0 Å². The number of carbonyl (C=O) groups excluding carboxylic acids is 2. The molecule has 0 saturated heterocycles. The van der Waals surface area contributed by atoms with Crippen molar-refractivity contribution >= 4 is 35.1 Å². The molecule has 0 spiro atoms. The maximum Gasteiger partial charge on any atom is 0.257 e. The lowest BCUT2D eigenvalue weighted by atomic mass is 9.92. The Kier molecular flexibility index (Phi) is 5.03. The highest BCUT2D eigenvalue weighted by Crippen LogP contribution is 2.30. The number of carbonyl (C=O) groups is 2. The second-order valence-corrected chi connectivity index (χ2v) is 6.74. The SMILES string of the molecule is CCSc1nc2c(c(=O)[nH]1)[C@@H](C(=O)Nc1ccc(F)cc1F)CC(=O)N2. The number of aromatic amines is 1. The topological polar surface area (TPSA) is 104 Å². The van der Waals surface area contributed by atoms with Gasteiger partial charge in [-0.2, -0.15) is 0 Å². The number of thioether (sulfide) groups is 1. The summed E-state index contributed by atoms with van der Waals surface area (Å²) in [6.07, 6.45) is -0.285. The third-order valence-corrected chi connectivity index (χ3v) is 4.47. The number of benzene rings is 1. The molecule has 1 aliphatic rings. The highest BCUT2D eigenvalue weighted by atomic mass is 32.2. The first-order chi connectivity index (χ1) is 12.4. The molecule has 1 aromatic carbocycles. The number of halogens is 2. The van der Waals surface area contributed by atoms with Crippen LogP contribution in [0.4, 0.5) is 20.3 Å². The normalized spacial score (nSPS) is 16.0. The van der Waals surface area contributed by atoms with Crippen LogP contribution >= 0.6 is 11.8 Å². The average molecular weight is 380 g/mol. The monoisotopic (exact) mass is 380 g/mol. The van der Waals surface area contributed by atoms with Crippen LogP contribution in [0.1, 0.15) is 24.8 Å². The smallest absolute Gasteiger partial charge is 0.257 e. The number of hydrogen-bond acceptors (Lipinski definition) is 5. The van der Waals surface area contributed by atoms with Gasteiger partial charge < -0.3 is 15.6 Å². The molecule has 1 aromatic heterocycles. The molecule has 0 saturated carbocycles. The van der Waals surface area contributed by atoms with Gasteiger partial charge in [-0.05, 0) is 17.9 Å². The number of hydrogen-bond donors (Lipinski definition) is 3. The fourth-order valence-corrected chi connectivity index (χ4v) is 3.18. The van der Waals surface area contributed by atoms with Gasteiger partial charge in [0, 0.05) is 12.5 Å². The zero-order chi connectivity index (χ0) is 18.8. The zero-order valence-corrected chi connectivity index (χ0v) is 14.4. The first-order valence-electron chi connectivity index (χ1n) is 7.71. The van der Waals surface area contributed by atoms with E-state index in [4.69, 9.17) is 0 Å². The number of nitrogens with zero attached hydrogens (tertiary/aromatic N) is 1. The molecule has 1 aliphatic heterocycles. The van der Waals surface area contributed by atoms with Crippen LogP contribution in [0.3, 0.4) is 0 Å². The van der Waals surface area contributed by atoms with Gasteiger partial charge in [-0.15, -0.1) is 0 Å². The van der Waals surface area contributed by atoms with E-state index in [1.165, 1.54) is 11.8 Å². The number of fused-ring (bicyclic) bond motifs is 1. The highest BCUT2D eigenvalue weighted by molar-refractivity contribution is 7.99. The minimum absolute atomic E-state index is 0.00470. The van der Waals surface area contributed by atoms with Gasteiger partial charge in [0.15, 0.2) is 5.16 Å². The van der Waals surface area contributed by atoms with E-state index in [2.05, 4.69) is 20.6 Å². The molecule has 3 rings (SSSR count). The van der Waals surface area contributed by atoms with E-state index in [-0.39, 0.29) is 23.5 Å². The Morgan fingerprint density at radius 2 is 2.15 bits per heavy atom. The molecule has 0 radical (unpaired) electrons. The fraction of sp³-hybridized carbons (Fsp3) is 0.250. The minimum Gasteiger partial charge on any atom is -0.323 e. The van der Waals surface area contributed by atoms with Crippen LogP contribution in [-0.2, 0) is 9.59 Å². The largest absolute Gasteiger partial charge is 0.323 e. The molecule has 0 unspecified atom stereocenters. The molecule has 2 heterocycles. The van der Waals surface area contributed by atoms with Crippen molar-refractivity contribution in [3.05, 3.63) is 45.8 Å². The van der Waals surface area contributed by atoms with Crippen molar-refractivity contribution in [1.29, 1.82) is 0 Å². The van der Waals surface area contributed by atoms with E-state index in [9.17, 15) is 23.2 Å². The first-order valence-corrected chi connectivity index (χ1v) is 8.70. The summed E-state index contributed by atoms with van der Waals surface area (Å²) in [5, 5.41) is 5.09. The van der Waals surface area contributed by atoms with Crippen molar-refractivity contribution < 1.29 is 18.4 Å². The Morgan fingerprint density at radius 3 is 2.85 bits per heavy atom. The summed E-state index contributed by atoms with van der Waals surface area (Å²) in [7, 11) is 0. The third kappa shape index (κ3) is 3.59. The van der Waals surface area contributed by atoms with E-state index < -0.39 is 34.9 Å². The average Bonchev–Trinajstić information content (AvgIpc) is 2.56. The molecule has 2 amide bonds. The van der Waals surface area contributed by atoms with Crippen molar-refractivity contribution in [3.63, 3.8) is 0 Å². The standard InChI is InChI=1S/C16H14F2N4O3S/c1-2-26-16-21-13-12(15(25)22-16)8(6-11(23)20-13)14(24)19-10-4-3-7(17)5-9(10)18/h3-5,8H,2,6H2,1H3,(H,19,24)(H2,20,21,22,23,25)/t8-/m0/s1. The Balaban J connectivity index is 1.95. The second-order valence-electron chi connectivity index (χ2n) is 5.48. The van der Waals surface area contributed by atoms with Crippen molar-refractivity contribution in [1.82, 2.24) is 9.97 Å². The van der Waals surface area contributed by atoms with Crippen LogP contribution in [0, 0.1) is 11.6 Å². The Morgan fingerprint density at radius 1 is 1.38 bits per heavy atom. The number of nitrogens with one attached hydrogen (secondary N) is 3. The predicted octanol–water partition coefficient (Wildman–Crippen LogP) is 2.22. The maximum absolute atomic E-state index is 13.8. The Bertz CT molecular complexity index is 948. The van der Waals surface area contributed by atoms with Crippen LogP contribution in [0.15, 0.2) is 28.2 Å². The van der Waals surface area contributed by atoms with Crippen molar-refractivity contribution in [2.75, 3.05) is 16.4 Å². The third-order valence-electron chi connectivity index (χ3n) is 3.72. The fourth-order valence-electron chi connectivity index (χ4n) is 2.59. The number of amides is 2. The number of rotatable bonds is 4. The quantitative estimate of drug-likeness (QED) is 0.557. The minimum atomic E-state index is -1.14. The molecule has 7 nitrogen and oxygen atoms in total. The van der Waals surface area contributed by atoms with E-state index in [1.54, 1.807) is 0 Å². The van der Waals surface area contributed by atoms with E-state index in [0.717, 1.165) is 12.1 Å². The summed E-state index contributed by atoms with van der Waals surface area (Å²) in [6, 6.07) is 2.68. The van der Waals surface area contributed by atoms with Crippen LogP contribution in [0.5, 0.6) is 0 Å². The van der Waals surface area contributed by atoms with Crippen LogP contribution < -0.4 is 16.2 Å². The van der Waals surface area contributed by atoms with E-state index >= 15 is 0 Å². The van der Waals surface area contributed by atoms with Gasteiger partial charge in [0.25, 0.3) is 5.56 Å². The molecular weight excluding hydrogens is 366 g/mol. The van der Waals surface area contributed by atoms with Gasteiger partial charge in [0.1, 0.15) is 17.5 Å². The summed E-state index contributed by atoms with van der Waals surface area (Å²) in [5.74, 6) is -3.45. The Labute approximate surface area is 150 Å². The molecule has 3 N–H and O–H groups in total. The molecule has 1 atom stereocenters. The summed E-state index contributed by atoms with van der Waals surface area (Å²) < 4.78 is 26.7. The number of H-pyrrole nitrogens is 1. The second kappa shape index (κ2) is 7.24. The summed E-state index contributed by atoms with van der Waals surface area (Å²) in [6.45, 7) is 1.87. The molecule has 136 valence electrons. The molecule has 10 heteroatoms. The molecule has 0 fully saturated rings. The van der Waals surface area contributed by atoms with Gasteiger partial charge in [-0.1, -0.05) is 18.7 Å². The van der Waals surface area contributed by atoms with Gasteiger partial charge in [-0.25, -0.2) is 13.8 Å². The highest BCUT2D eigenvalue weighted by Gasteiger charge is 2.35. The summed E-state index contributed by atoms with van der Waals surface area (Å²) in [4.78, 5) is 43.5. The Hall–Kier alpha value is -2.75. The lowest BCUT2D eigenvalue weighted by Gasteiger charge is -2.23. The zero-order valence-electron chi connectivity index (χ0n) is 13.6. The van der Waals surface area contributed by atoms with Crippen molar-refractivity contribution in [2.24, 2.45) is 0 Å². The first kappa shape index (κ1) is 18.1. The lowest BCUT2D eigenvalue weighted by molar-refractivity contribution is -0.123. The van der Waals surface area contributed by atoms with Gasteiger partial charge in [0.2, 0.25) is 11.8 Å². The van der Waals surface area contributed by atoms with Gasteiger partial charge >= 0.3 is 0 Å². The van der Waals surface area contributed by atoms with E-state index in [0.29, 0.717) is 17.0 Å². The molecule has 0 aliphatic carbocycles. The predicted molar refractivity (Wildman–Crippen MR) is 92.2 cm³/mol. The van der Waals surface area contributed by atoms with Crippen molar-refractivity contribution in [3.8, 4) is 0 Å². The van der Waals surface area contributed by atoms with Crippen LogP contribution in [-0.4, -0.2) is 27.5 Å². The molecule has 0 bridgehead atoms. The van der Waals surface area contributed by atoms with E-state index in [1.807, 2.05) is 6.92 Å². The lowest BCUT2D eigenvalue weighted by Crippen LogP contribution is -2.36. The number of aromatic nitrogens is 2. The molecule has 2 aromatic rings. The summed E-state index contributed by atoms with van der Waals surface area (Å²) in [5.41, 5.74) is -0.790. The van der Waals surface area contributed by atoms with Gasteiger partial charge in [-0.3, -0.25) is 14.4 Å².